The van der Waals surface area contributed by atoms with Gasteiger partial charge in [0.05, 0.1) is 6.26 Å². The Kier molecular flexibility index (Phi) is 2.59. The summed E-state index contributed by atoms with van der Waals surface area (Å²) in [6, 6.07) is 3.01. The van der Waals surface area contributed by atoms with E-state index in [4.69, 9.17) is 4.42 Å². The van der Waals surface area contributed by atoms with Crippen LogP contribution in [0.2, 0.25) is 0 Å². The van der Waals surface area contributed by atoms with E-state index in [9.17, 15) is 9.59 Å². The largest absolute Gasteiger partial charge is 0.460 e. The van der Waals surface area contributed by atoms with Gasteiger partial charge < -0.3 is 4.42 Å². The molecule has 2 rings (SSSR count). The quantitative estimate of drug-likeness (QED) is 0.573. The van der Waals surface area contributed by atoms with Crippen LogP contribution in [0.1, 0.15) is 26.6 Å². The number of aromatic nitrogens is 2. The summed E-state index contributed by atoms with van der Waals surface area (Å²) in [6.07, 6.45) is 3.99. The van der Waals surface area contributed by atoms with Crippen molar-refractivity contribution in [3.05, 3.63) is 47.9 Å². The summed E-state index contributed by atoms with van der Waals surface area (Å²) in [5.41, 5.74) is 0.697. The molecule has 0 fully saturated rings. The third kappa shape index (κ3) is 1.75. The Morgan fingerprint density at radius 1 is 1.25 bits per heavy atom. The molecule has 0 unspecified atom stereocenters. The van der Waals surface area contributed by atoms with Crippen LogP contribution in [0.5, 0.6) is 0 Å². The molecule has 0 saturated carbocycles. The molecule has 0 aromatic carbocycles. The predicted octanol–water partition coefficient (Wildman–Crippen LogP) is 1.44. The third-order valence-corrected chi connectivity index (χ3v) is 2.09. The lowest BCUT2D eigenvalue weighted by atomic mass is 10.1. The van der Waals surface area contributed by atoms with Gasteiger partial charge in [0.1, 0.15) is 12.0 Å². The van der Waals surface area contributed by atoms with Crippen LogP contribution in [0.3, 0.4) is 0 Å². The second-order valence-corrected chi connectivity index (χ2v) is 3.19. The average molecular weight is 216 g/mol. The number of aryl methyl sites for hydroxylation is 1. The van der Waals surface area contributed by atoms with Crippen molar-refractivity contribution < 1.29 is 14.0 Å². The molecular formula is C11H8N2O3. The maximum atomic E-state index is 11.7. The minimum Gasteiger partial charge on any atom is -0.460 e. The molecule has 5 nitrogen and oxygen atoms in total. The number of carbonyl (C=O) groups excluding carboxylic acids is 2. The zero-order valence-corrected chi connectivity index (χ0v) is 8.51. The van der Waals surface area contributed by atoms with E-state index >= 15 is 0 Å². The Bertz CT molecular complexity index is 531. The number of hydrogen-bond donors (Lipinski definition) is 0. The highest BCUT2D eigenvalue weighted by Crippen LogP contribution is 2.11. The lowest BCUT2D eigenvalue weighted by Gasteiger charge is -1.97. The van der Waals surface area contributed by atoms with Gasteiger partial charge >= 0.3 is 0 Å². The Balaban J connectivity index is 2.31. The van der Waals surface area contributed by atoms with Crippen molar-refractivity contribution in [2.24, 2.45) is 0 Å². The van der Waals surface area contributed by atoms with Gasteiger partial charge in [-0.1, -0.05) is 0 Å². The molecule has 0 radical (unpaired) electrons. The Morgan fingerprint density at radius 3 is 2.62 bits per heavy atom. The van der Waals surface area contributed by atoms with Crippen molar-refractivity contribution in [1.82, 2.24) is 9.97 Å². The number of carbonyl (C=O) groups is 2. The molecular weight excluding hydrogens is 208 g/mol. The van der Waals surface area contributed by atoms with Gasteiger partial charge in [-0.05, 0) is 24.6 Å². The van der Waals surface area contributed by atoms with Gasteiger partial charge in [-0.2, -0.15) is 0 Å². The molecule has 0 spiro atoms. The summed E-state index contributed by atoms with van der Waals surface area (Å²) in [5.74, 6) is -1.33. The molecule has 0 aliphatic heterocycles. The van der Waals surface area contributed by atoms with Gasteiger partial charge in [0, 0.05) is 6.20 Å². The smallest absolute Gasteiger partial charge is 0.270 e. The number of nitrogens with zero attached hydrogens (tertiary/aromatic N) is 2. The van der Waals surface area contributed by atoms with Crippen molar-refractivity contribution in [3.8, 4) is 0 Å². The molecule has 0 N–H and O–H groups in total. The molecule has 0 amide bonds. The zero-order valence-electron chi connectivity index (χ0n) is 8.51. The Hall–Kier alpha value is -2.30. The van der Waals surface area contributed by atoms with E-state index < -0.39 is 11.6 Å². The molecule has 2 aromatic heterocycles. The predicted molar refractivity (Wildman–Crippen MR) is 54.1 cm³/mol. The van der Waals surface area contributed by atoms with Crippen molar-refractivity contribution in [2.45, 2.75) is 6.92 Å². The fourth-order valence-electron chi connectivity index (χ4n) is 1.25. The minimum absolute atomic E-state index is 0.0589. The number of Topliss-reactive ketones (excluding diaryl/α,β-unsaturated/α-hetero) is 2. The summed E-state index contributed by atoms with van der Waals surface area (Å²) < 4.78 is 4.95. The fourth-order valence-corrected chi connectivity index (χ4v) is 1.25. The first-order valence-corrected chi connectivity index (χ1v) is 4.59. The van der Waals surface area contributed by atoms with Crippen LogP contribution < -0.4 is 0 Å². The van der Waals surface area contributed by atoms with Crippen molar-refractivity contribution in [2.75, 3.05) is 0 Å². The highest BCUT2D eigenvalue weighted by atomic mass is 16.3. The summed E-state index contributed by atoms with van der Waals surface area (Å²) >= 11 is 0. The summed E-state index contributed by atoms with van der Waals surface area (Å²) in [7, 11) is 0. The van der Waals surface area contributed by atoms with Gasteiger partial charge in [-0.3, -0.25) is 9.59 Å². The lowest BCUT2D eigenvalue weighted by molar-refractivity contribution is 0.0797. The first-order valence-electron chi connectivity index (χ1n) is 4.59. The van der Waals surface area contributed by atoms with E-state index in [0.717, 1.165) is 0 Å². The number of hydrogen-bond acceptors (Lipinski definition) is 5. The number of furan rings is 1. The average Bonchev–Trinajstić information content (AvgIpc) is 2.75. The molecule has 16 heavy (non-hydrogen) atoms. The fraction of sp³-hybridized carbons (Fsp3) is 0.0909. The number of rotatable bonds is 3. The van der Waals surface area contributed by atoms with Gasteiger partial charge in [0.15, 0.2) is 5.76 Å². The van der Waals surface area contributed by atoms with E-state index in [0.29, 0.717) is 5.56 Å². The van der Waals surface area contributed by atoms with Crippen molar-refractivity contribution in [3.63, 3.8) is 0 Å². The monoisotopic (exact) mass is 216 g/mol. The summed E-state index contributed by atoms with van der Waals surface area (Å²) in [4.78, 5) is 30.8. The van der Waals surface area contributed by atoms with E-state index in [1.807, 2.05) is 0 Å². The van der Waals surface area contributed by atoms with Crippen LogP contribution in [0.25, 0.3) is 0 Å². The molecule has 0 saturated heterocycles. The lowest BCUT2D eigenvalue weighted by Crippen LogP contribution is -2.16. The second-order valence-electron chi connectivity index (χ2n) is 3.19. The number of ketones is 2. The molecule has 0 aliphatic carbocycles. The van der Waals surface area contributed by atoms with Gasteiger partial charge in [-0.15, -0.1) is 0 Å². The molecule has 0 atom stereocenters. The Morgan fingerprint density at radius 2 is 2.06 bits per heavy atom. The molecule has 0 aliphatic rings. The van der Waals surface area contributed by atoms with Gasteiger partial charge in [0.2, 0.25) is 0 Å². The van der Waals surface area contributed by atoms with E-state index in [1.165, 1.54) is 24.9 Å². The van der Waals surface area contributed by atoms with Crippen molar-refractivity contribution >= 4 is 11.6 Å². The molecule has 0 bridgehead atoms. The standard InChI is InChI=1S/C11H8N2O3/c1-7-3-5-16-11(7)10(15)9(14)8-2-4-12-6-13-8/h2-6H,1H3. The minimum atomic E-state index is -0.694. The topological polar surface area (TPSA) is 73.1 Å². The van der Waals surface area contributed by atoms with Crippen LogP contribution in [0.4, 0.5) is 0 Å². The van der Waals surface area contributed by atoms with E-state index in [1.54, 1.807) is 13.0 Å². The normalized spacial score (nSPS) is 10.1. The maximum absolute atomic E-state index is 11.7. The van der Waals surface area contributed by atoms with Crippen molar-refractivity contribution in [1.29, 1.82) is 0 Å². The van der Waals surface area contributed by atoms with Crippen LogP contribution in [-0.4, -0.2) is 21.5 Å². The van der Waals surface area contributed by atoms with Crippen LogP contribution in [-0.2, 0) is 0 Å². The zero-order chi connectivity index (χ0) is 11.5. The maximum Gasteiger partial charge on any atom is 0.270 e. The second kappa shape index (κ2) is 4.06. The molecule has 80 valence electrons. The third-order valence-electron chi connectivity index (χ3n) is 2.09. The van der Waals surface area contributed by atoms with Gasteiger partial charge in [0.25, 0.3) is 11.6 Å². The van der Waals surface area contributed by atoms with Crippen LogP contribution in [0, 0.1) is 6.92 Å². The Labute approximate surface area is 91.1 Å². The SMILES string of the molecule is Cc1ccoc1C(=O)C(=O)c1ccncn1. The summed E-state index contributed by atoms with van der Waals surface area (Å²) in [6.45, 7) is 1.70. The molecule has 2 aromatic rings. The van der Waals surface area contributed by atoms with Gasteiger partial charge in [-0.25, -0.2) is 9.97 Å². The highest BCUT2D eigenvalue weighted by Gasteiger charge is 2.23. The van der Waals surface area contributed by atoms with Crippen LogP contribution in [0.15, 0.2) is 35.3 Å². The van der Waals surface area contributed by atoms with E-state index in [-0.39, 0.29) is 11.5 Å². The van der Waals surface area contributed by atoms with Crippen LogP contribution >= 0.6 is 0 Å². The first kappa shape index (κ1) is 10.2. The molecule has 5 heteroatoms. The molecule has 2 heterocycles. The highest BCUT2D eigenvalue weighted by molar-refractivity contribution is 6.48. The summed E-state index contributed by atoms with van der Waals surface area (Å²) in [5, 5.41) is 0. The van der Waals surface area contributed by atoms with E-state index in [2.05, 4.69) is 9.97 Å². The first-order chi connectivity index (χ1) is 7.70.